The molecule has 1 amide bonds. The molecule has 146 valence electrons. The highest BCUT2D eigenvalue weighted by molar-refractivity contribution is 7.91. The van der Waals surface area contributed by atoms with Gasteiger partial charge in [-0.05, 0) is 31.2 Å². The lowest BCUT2D eigenvalue weighted by molar-refractivity contribution is 0.153. The largest absolute Gasteiger partial charge is 0.465 e. The van der Waals surface area contributed by atoms with E-state index in [0.29, 0.717) is 16.4 Å². The highest BCUT2D eigenvalue weighted by Crippen LogP contribution is 2.28. The van der Waals surface area contributed by atoms with Crippen molar-refractivity contribution >= 4 is 27.5 Å². The van der Waals surface area contributed by atoms with Crippen LogP contribution in [0, 0.1) is 6.92 Å². The minimum Gasteiger partial charge on any atom is -0.465 e. The number of nitrogens with zero attached hydrogens (tertiary/aromatic N) is 4. The molecule has 2 aromatic heterocycles. The number of aryl methyl sites for hydroxylation is 1. The molecule has 0 atom stereocenters. The molecule has 0 radical (unpaired) electrons. The Kier molecular flexibility index (Phi) is 5.39. The minimum absolute atomic E-state index is 0.00411. The van der Waals surface area contributed by atoms with Crippen LogP contribution in [0.1, 0.15) is 11.4 Å². The van der Waals surface area contributed by atoms with E-state index in [2.05, 4.69) is 10.1 Å². The lowest BCUT2D eigenvalue weighted by Gasteiger charge is -2.10. The molecule has 2 heterocycles. The fraction of sp³-hybridized carbons (Fsp3) is 0.167. The van der Waals surface area contributed by atoms with Gasteiger partial charge in [0.1, 0.15) is 0 Å². The van der Waals surface area contributed by atoms with Gasteiger partial charge in [0.05, 0.1) is 27.8 Å². The second-order valence-corrected chi connectivity index (χ2v) is 8.42. The molecule has 0 aliphatic heterocycles. The van der Waals surface area contributed by atoms with Crippen molar-refractivity contribution in [2.45, 2.75) is 23.4 Å². The number of carboxylic acid groups (broad SMARTS) is 1. The van der Waals surface area contributed by atoms with Gasteiger partial charge in [0.15, 0.2) is 5.03 Å². The molecular formula is C18H17ClN4O4S. The fourth-order valence-electron chi connectivity index (χ4n) is 2.52. The van der Waals surface area contributed by atoms with Crippen LogP contribution in [0.25, 0.3) is 5.69 Å². The second-order valence-electron chi connectivity index (χ2n) is 6.11. The Morgan fingerprint density at radius 2 is 1.96 bits per heavy atom. The molecule has 3 aromatic rings. The summed E-state index contributed by atoms with van der Waals surface area (Å²) in [5.74, 6) is 0. The lowest BCUT2D eigenvalue weighted by atomic mass is 10.3. The van der Waals surface area contributed by atoms with Crippen LogP contribution in [0.3, 0.4) is 0 Å². The third-order valence-corrected chi connectivity index (χ3v) is 6.03. The summed E-state index contributed by atoms with van der Waals surface area (Å²) >= 11 is 6.24. The Balaban J connectivity index is 2.18. The standard InChI is InChI=1S/C18H17ClN4O4S/c1-12-7-8-14(10-20-12)28(26,27)17-9-13(11-22(2)18(24)25)21-23(17)16-6-4-3-5-15(16)19/h3-10H,11H2,1-2H3,(H,24,25). The summed E-state index contributed by atoms with van der Waals surface area (Å²) < 4.78 is 27.6. The lowest BCUT2D eigenvalue weighted by Crippen LogP contribution is -2.24. The van der Waals surface area contributed by atoms with Gasteiger partial charge < -0.3 is 10.0 Å². The van der Waals surface area contributed by atoms with Gasteiger partial charge in [0.2, 0.25) is 9.84 Å². The number of amides is 1. The topological polar surface area (TPSA) is 105 Å². The van der Waals surface area contributed by atoms with Gasteiger partial charge in [-0.3, -0.25) is 4.98 Å². The van der Waals surface area contributed by atoms with Gasteiger partial charge in [0, 0.05) is 25.0 Å². The number of hydrogen-bond acceptors (Lipinski definition) is 5. The molecule has 1 N–H and O–H groups in total. The Morgan fingerprint density at radius 3 is 2.57 bits per heavy atom. The summed E-state index contributed by atoms with van der Waals surface area (Å²) in [4.78, 5) is 16.2. The predicted octanol–water partition coefficient (Wildman–Crippen LogP) is 3.17. The average Bonchev–Trinajstić information content (AvgIpc) is 3.06. The van der Waals surface area contributed by atoms with E-state index >= 15 is 0 Å². The van der Waals surface area contributed by atoms with Crippen molar-refractivity contribution in [3.05, 3.63) is 65.1 Å². The Bertz CT molecular complexity index is 1130. The Morgan fingerprint density at radius 1 is 1.25 bits per heavy atom. The number of para-hydroxylation sites is 1. The van der Waals surface area contributed by atoms with E-state index in [1.54, 1.807) is 37.3 Å². The van der Waals surface area contributed by atoms with Crippen molar-refractivity contribution in [2.24, 2.45) is 0 Å². The molecule has 10 heteroatoms. The van der Waals surface area contributed by atoms with E-state index in [1.807, 2.05) is 0 Å². The van der Waals surface area contributed by atoms with Gasteiger partial charge in [-0.25, -0.2) is 17.9 Å². The van der Waals surface area contributed by atoms with Gasteiger partial charge in [0.25, 0.3) is 0 Å². The van der Waals surface area contributed by atoms with E-state index in [1.165, 1.54) is 30.1 Å². The van der Waals surface area contributed by atoms with Crippen molar-refractivity contribution in [2.75, 3.05) is 7.05 Å². The number of sulfone groups is 1. The van der Waals surface area contributed by atoms with E-state index < -0.39 is 15.9 Å². The first-order valence-electron chi connectivity index (χ1n) is 8.16. The Labute approximate surface area is 166 Å². The zero-order chi connectivity index (χ0) is 20.5. The van der Waals surface area contributed by atoms with Crippen molar-refractivity contribution < 1.29 is 18.3 Å². The number of carbonyl (C=O) groups is 1. The highest BCUT2D eigenvalue weighted by Gasteiger charge is 2.26. The predicted molar refractivity (Wildman–Crippen MR) is 102 cm³/mol. The maximum Gasteiger partial charge on any atom is 0.407 e. The van der Waals surface area contributed by atoms with Crippen LogP contribution in [0.2, 0.25) is 5.02 Å². The van der Waals surface area contributed by atoms with E-state index in [0.717, 1.165) is 4.90 Å². The number of hydrogen-bond donors (Lipinski definition) is 1. The molecule has 0 bridgehead atoms. The third-order valence-electron chi connectivity index (χ3n) is 4.00. The quantitative estimate of drug-likeness (QED) is 0.679. The minimum atomic E-state index is -3.97. The fourth-order valence-corrected chi connectivity index (χ4v) is 4.07. The third kappa shape index (κ3) is 3.85. The molecule has 28 heavy (non-hydrogen) atoms. The zero-order valence-corrected chi connectivity index (χ0v) is 16.6. The monoisotopic (exact) mass is 420 g/mol. The van der Waals surface area contributed by atoms with Crippen molar-refractivity contribution in [3.8, 4) is 5.69 Å². The molecule has 0 saturated carbocycles. The molecule has 3 rings (SSSR count). The van der Waals surface area contributed by atoms with E-state index in [4.69, 9.17) is 16.7 Å². The van der Waals surface area contributed by atoms with Crippen LogP contribution in [0.4, 0.5) is 4.79 Å². The normalized spacial score (nSPS) is 11.4. The van der Waals surface area contributed by atoms with Gasteiger partial charge in [-0.15, -0.1) is 0 Å². The number of rotatable bonds is 5. The van der Waals surface area contributed by atoms with Crippen molar-refractivity contribution in [1.82, 2.24) is 19.7 Å². The summed E-state index contributed by atoms with van der Waals surface area (Å²) in [6, 6.07) is 11.1. The molecule has 0 aliphatic carbocycles. The highest BCUT2D eigenvalue weighted by atomic mass is 35.5. The number of halogens is 1. The summed E-state index contributed by atoms with van der Waals surface area (Å²) in [6.07, 6.45) is 0.122. The van der Waals surface area contributed by atoms with Gasteiger partial charge in [-0.2, -0.15) is 5.10 Å². The SMILES string of the molecule is Cc1ccc(S(=O)(=O)c2cc(CN(C)C(=O)O)nn2-c2ccccc2Cl)cn1. The molecule has 0 spiro atoms. The van der Waals surface area contributed by atoms with Gasteiger partial charge >= 0.3 is 6.09 Å². The van der Waals surface area contributed by atoms with Crippen LogP contribution < -0.4 is 0 Å². The summed E-state index contributed by atoms with van der Waals surface area (Å²) in [5.41, 5.74) is 1.32. The summed E-state index contributed by atoms with van der Waals surface area (Å²) in [6.45, 7) is 1.67. The molecule has 0 fully saturated rings. The second kappa shape index (κ2) is 7.61. The number of aromatic nitrogens is 3. The van der Waals surface area contributed by atoms with Crippen molar-refractivity contribution in [1.29, 1.82) is 0 Å². The molecule has 1 aromatic carbocycles. The summed E-state index contributed by atoms with van der Waals surface area (Å²) in [5, 5.41) is 13.6. The first kappa shape index (κ1) is 19.8. The maximum atomic E-state index is 13.2. The smallest absolute Gasteiger partial charge is 0.407 e. The molecule has 0 saturated heterocycles. The molecular weight excluding hydrogens is 404 g/mol. The molecule has 8 nitrogen and oxygen atoms in total. The first-order chi connectivity index (χ1) is 13.2. The number of pyridine rings is 1. The van der Waals surface area contributed by atoms with Gasteiger partial charge in [-0.1, -0.05) is 23.7 Å². The van der Waals surface area contributed by atoms with Crippen molar-refractivity contribution in [3.63, 3.8) is 0 Å². The van der Waals surface area contributed by atoms with E-state index in [-0.39, 0.29) is 22.2 Å². The van der Waals surface area contributed by atoms with E-state index in [9.17, 15) is 13.2 Å². The van der Waals surface area contributed by atoms with Crippen LogP contribution >= 0.6 is 11.6 Å². The number of benzene rings is 1. The Hall–Kier alpha value is -2.91. The van der Waals surface area contributed by atoms with Crippen LogP contribution in [-0.2, 0) is 16.4 Å². The summed E-state index contributed by atoms with van der Waals surface area (Å²) in [7, 11) is -2.60. The maximum absolute atomic E-state index is 13.2. The first-order valence-corrected chi connectivity index (χ1v) is 10.0. The van der Waals surface area contributed by atoms with Crippen LogP contribution in [0.5, 0.6) is 0 Å². The van der Waals surface area contributed by atoms with Crippen LogP contribution in [-0.4, -0.2) is 46.3 Å². The zero-order valence-electron chi connectivity index (χ0n) is 15.1. The molecule has 0 aliphatic rings. The average molecular weight is 421 g/mol. The molecule has 0 unspecified atom stereocenters. The van der Waals surface area contributed by atoms with Crippen LogP contribution in [0.15, 0.2) is 58.6 Å².